The maximum Gasteiger partial charge on any atom is 0.238 e. The number of hydrogen-bond acceptors (Lipinski definition) is 8. The zero-order chi connectivity index (χ0) is 24.3. The van der Waals surface area contributed by atoms with Gasteiger partial charge in [-0.05, 0) is 67.9 Å². The molecule has 4 aromatic rings. The molecule has 0 bridgehead atoms. The minimum atomic E-state index is -3.74. The normalized spacial score (nSPS) is 14.3. The molecule has 0 atom stereocenters. The van der Waals surface area contributed by atoms with E-state index < -0.39 is 10.0 Å². The van der Waals surface area contributed by atoms with Crippen molar-refractivity contribution < 1.29 is 8.42 Å². The molecule has 9 nitrogen and oxygen atoms in total. The van der Waals surface area contributed by atoms with E-state index in [4.69, 9.17) is 10.1 Å². The van der Waals surface area contributed by atoms with Crippen LogP contribution in [0.5, 0.6) is 0 Å². The third-order valence-corrected chi connectivity index (χ3v) is 6.98. The highest BCUT2D eigenvalue weighted by Crippen LogP contribution is 2.29. The van der Waals surface area contributed by atoms with Crippen molar-refractivity contribution in [3.63, 3.8) is 0 Å². The molecule has 0 radical (unpaired) electrons. The molecule has 2 aromatic carbocycles. The Kier molecular flexibility index (Phi) is 6.58. The number of fused-ring (bicyclic) bond motifs is 1. The van der Waals surface area contributed by atoms with Crippen molar-refractivity contribution in [1.82, 2.24) is 19.9 Å². The lowest BCUT2D eigenvalue weighted by molar-refractivity contribution is 0.352. The maximum atomic E-state index is 11.5. The molecule has 0 spiro atoms. The first-order chi connectivity index (χ1) is 17.0. The van der Waals surface area contributed by atoms with Crippen molar-refractivity contribution in [2.24, 2.45) is 5.14 Å². The van der Waals surface area contributed by atoms with Crippen molar-refractivity contribution in [3.8, 4) is 11.1 Å². The van der Waals surface area contributed by atoms with Crippen molar-refractivity contribution in [2.45, 2.75) is 17.7 Å². The van der Waals surface area contributed by atoms with Gasteiger partial charge in [-0.1, -0.05) is 18.2 Å². The third kappa shape index (κ3) is 5.56. The SMILES string of the molecule is NS(=O)(=O)c1ccc(Nc2ncc3cccc(-c4ccnc(NCCN5CCCC5)c4)c3n2)cc1. The average molecular weight is 490 g/mol. The molecular formula is C25H27N7O2S. The number of nitrogens with one attached hydrogen (secondary N) is 2. The Hall–Kier alpha value is -3.60. The number of benzene rings is 2. The molecule has 10 heteroatoms. The van der Waals surface area contributed by atoms with Gasteiger partial charge in [0.25, 0.3) is 0 Å². The Morgan fingerprint density at radius 3 is 2.57 bits per heavy atom. The van der Waals surface area contributed by atoms with E-state index in [0.29, 0.717) is 11.6 Å². The topological polar surface area (TPSA) is 126 Å². The quantitative estimate of drug-likeness (QED) is 0.343. The molecule has 0 amide bonds. The van der Waals surface area contributed by atoms with Crippen molar-refractivity contribution in [3.05, 3.63) is 67.0 Å². The summed E-state index contributed by atoms with van der Waals surface area (Å²) in [6.07, 6.45) is 6.14. The molecule has 5 rings (SSSR count). The maximum absolute atomic E-state index is 11.5. The molecule has 2 aromatic heterocycles. The van der Waals surface area contributed by atoms with Gasteiger partial charge in [-0.3, -0.25) is 0 Å². The van der Waals surface area contributed by atoms with Crippen molar-refractivity contribution in [2.75, 3.05) is 36.8 Å². The Morgan fingerprint density at radius 1 is 1.00 bits per heavy atom. The summed E-state index contributed by atoms with van der Waals surface area (Å²) in [6.45, 7) is 4.22. The predicted octanol–water partition coefficient (Wildman–Crippen LogP) is 3.59. The van der Waals surface area contributed by atoms with Gasteiger partial charge in [0.2, 0.25) is 16.0 Å². The first-order valence-corrected chi connectivity index (χ1v) is 13.1. The molecule has 1 saturated heterocycles. The molecule has 0 saturated carbocycles. The molecular weight excluding hydrogens is 462 g/mol. The monoisotopic (exact) mass is 489 g/mol. The molecule has 1 aliphatic rings. The highest BCUT2D eigenvalue weighted by molar-refractivity contribution is 7.89. The number of rotatable bonds is 8. The van der Waals surface area contributed by atoms with E-state index in [0.717, 1.165) is 40.9 Å². The van der Waals surface area contributed by atoms with E-state index in [1.807, 2.05) is 30.3 Å². The number of likely N-dealkylation sites (tertiary alicyclic amines) is 1. The lowest BCUT2D eigenvalue weighted by Crippen LogP contribution is -2.26. The van der Waals surface area contributed by atoms with Crippen LogP contribution in [0.25, 0.3) is 22.0 Å². The Morgan fingerprint density at radius 2 is 1.80 bits per heavy atom. The van der Waals surface area contributed by atoms with Crippen LogP contribution in [0.3, 0.4) is 0 Å². The predicted molar refractivity (Wildman–Crippen MR) is 138 cm³/mol. The van der Waals surface area contributed by atoms with Gasteiger partial charge in [-0.25, -0.2) is 28.5 Å². The van der Waals surface area contributed by atoms with Crippen LogP contribution in [0.1, 0.15) is 12.8 Å². The summed E-state index contributed by atoms with van der Waals surface area (Å²) in [7, 11) is -3.74. The lowest BCUT2D eigenvalue weighted by atomic mass is 10.0. The van der Waals surface area contributed by atoms with Gasteiger partial charge < -0.3 is 15.5 Å². The van der Waals surface area contributed by atoms with Gasteiger partial charge >= 0.3 is 0 Å². The van der Waals surface area contributed by atoms with Gasteiger partial charge in [0, 0.05) is 42.1 Å². The highest BCUT2D eigenvalue weighted by atomic mass is 32.2. The largest absolute Gasteiger partial charge is 0.369 e. The smallest absolute Gasteiger partial charge is 0.238 e. The lowest BCUT2D eigenvalue weighted by Gasteiger charge is -2.15. The number of pyridine rings is 1. The Labute approximate surface area is 204 Å². The second kappa shape index (κ2) is 9.95. The van der Waals surface area contributed by atoms with E-state index in [1.54, 1.807) is 24.5 Å². The van der Waals surface area contributed by atoms with E-state index in [1.165, 1.54) is 38.1 Å². The third-order valence-electron chi connectivity index (χ3n) is 6.05. The van der Waals surface area contributed by atoms with Crippen LogP contribution in [0.15, 0.2) is 71.9 Å². The fourth-order valence-corrected chi connectivity index (χ4v) is 4.76. The summed E-state index contributed by atoms with van der Waals surface area (Å²) in [5.41, 5.74) is 3.45. The molecule has 35 heavy (non-hydrogen) atoms. The molecule has 0 unspecified atom stereocenters. The second-order valence-electron chi connectivity index (χ2n) is 8.54. The molecule has 4 N–H and O–H groups in total. The summed E-state index contributed by atoms with van der Waals surface area (Å²) in [5, 5.41) is 12.7. The Balaban J connectivity index is 1.37. The number of nitrogens with two attached hydrogens (primary N) is 1. The zero-order valence-electron chi connectivity index (χ0n) is 19.2. The van der Waals surface area contributed by atoms with E-state index >= 15 is 0 Å². The fourth-order valence-electron chi connectivity index (χ4n) is 4.25. The van der Waals surface area contributed by atoms with Crippen LogP contribution in [0.4, 0.5) is 17.5 Å². The second-order valence-corrected chi connectivity index (χ2v) is 10.1. The molecule has 180 valence electrons. The highest BCUT2D eigenvalue weighted by Gasteiger charge is 2.12. The van der Waals surface area contributed by atoms with Gasteiger partial charge in [0.05, 0.1) is 10.4 Å². The molecule has 0 aliphatic carbocycles. The van der Waals surface area contributed by atoms with Crippen LogP contribution in [-0.4, -0.2) is 54.4 Å². The summed E-state index contributed by atoms with van der Waals surface area (Å²) in [4.78, 5) is 16.2. The summed E-state index contributed by atoms with van der Waals surface area (Å²) >= 11 is 0. The number of para-hydroxylation sites is 1. The molecule has 1 fully saturated rings. The summed E-state index contributed by atoms with van der Waals surface area (Å²) in [5.74, 6) is 1.24. The van der Waals surface area contributed by atoms with Gasteiger partial charge in [-0.2, -0.15) is 0 Å². The number of aromatic nitrogens is 3. The zero-order valence-corrected chi connectivity index (χ0v) is 20.0. The number of sulfonamides is 1. The minimum Gasteiger partial charge on any atom is -0.369 e. The van der Waals surface area contributed by atoms with Crippen LogP contribution < -0.4 is 15.8 Å². The minimum absolute atomic E-state index is 0.0484. The summed E-state index contributed by atoms with van der Waals surface area (Å²) in [6, 6.07) is 16.1. The van der Waals surface area contributed by atoms with Crippen molar-refractivity contribution >= 4 is 38.4 Å². The van der Waals surface area contributed by atoms with E-state index in [-0.39, 0.29) is 4.90 Å². The van der Waals surface area contributed by atoms with Crippen LogP contribution in [-0.2, 0) is 10.0 Å². The fraction of sp³-hybridized carbons (Fsp3) is 0.240. The summed E-state index contributed by atoms with van der Waals surface area (Å²) < 4.78 is 23.0. The number of nitrogens with zero attached hydrogens (tertiary/aromatic N) is 4. The first kappa shape index (κ1) is 23.2. The van der Waals surface area contributed by atoms with Crippen LogP contribution >= 0.6 is 0 Å². The average Bonchev–Trinajstić information content (AvgIpc) is 3.37. The standard InChI is InChI=1S/C25H27N7O2S/c26-35(33,34)21-8-6-20(7-9-21)30-25-29-17-19-4-3-5-22(24(19)31-25)18-10-11-27-23(16-18)28-12-15-32-13-1-2-14-32/h3-11,16-17H,1-2,12-15H2,(H,27,28)(H2,26,33,34)(H,29,30,31). The number of anilines is 3. The Bertz CT molecular complexity index is 1440. The number of primary sulfonamides is 1. The van der Waals surface area contributed by atoms with Gasteiger partial charge in [0.1, 0.15) is 5.82 Å². The van der Waals surface area contributed by atoms with E-state index in [2.05, 4.69) is 25.5 Å². The molecule has 3 heterocycles. The van der Waals surface area contributed by atoms with Gasteiger partial charge in [0.15, 0.2) is 0 Å². The number of hydrogen-bond donors (Lipinski definition) is 3. The van der Waals surface area contributed by atoms with Crippen molar-refractivity contribution in [1.29, 1.82) is 0 Å². The van der Waals surface area contributed by atoms with Gasteiger partial charge in [-0.15, -0.1) is 0 Å². The van der Waals surface area contributed by atoms with E-state index in [9.17, 15) is 8.42 Å². The van der Waals surface area contributed by atoms with Crippen LogP contribution in [0, 0.1) is 0 Å². The van der Waals surface area contributed by atoms with Crippen LogP contribution in [0.2, 0.25) is 0 Å². The first-order valence-electron chi connectivity index (χ1n) is 11.5. The molecule has 1 aliphatic heterocycles.